The second-order valence-corrected chi connectivity index (χ2v) is 9.51. The number of ether oxygens (including phenoxy) is 2. The molecule has 0 aromatic heterocycles. The van der Waals surface area contributed by atoms with Crippen LogP contribution in [0.2, 0.25) is 0 Å². The molecule has 8 nitrogen and oxygen atoms in total. The topological polar surface area (TPSA) is 97.0 Å². The van der Waals surface area contributed by atoms with Crippen molar-refractivity contribution >= 4 is 23.6 Å². The Morgan fingerprint density at radius 1 is 1.14 bits per heavy atom. The van der Waals surface area contributed by atoms with E-state index in [2.05, 4.69) is 10.6 Å². The van der Waals surface area contributed by atoms with Gasteiger partial charge in [0.15, 0.2) is 12.1 Å². The lowest BCUT2D eigenvalue weighted by atomic mass is 9.99. The largest absolute Gasteiger partial charge is 0.438 e. The number of amides is 3. The number of nitrogens with one attached hydrogen (secondary N) is 2. The molecule has 2 aromatic rings. The summed E-state index contributed by atoms with van der Waals surface area (Å²) < 4.78 is 11.4. The van der Waals surface area contributed by atoms with E-state index in [4.69, 9.17) is 9.47 Å². The number of rotatable bonds is 8. The van der Waals surface area contributed by atoms with Crippen LogP contribution in [-0.4, -0.2) is 48.1 Å². The van der Waals surface area contributed by atoms with Gasteiger partial charge in [-0.25, -0.2) is 4.79 Å². The fraction of sp³-hybridized carbons (Fsp3) is 0.444. The minimum atomic E-state index is -0.860. The van der Waals surface area contributed by atoms with E-state index in [1.165, 1.54) is 4.90 Å². The van der Waals surface area contributed by atoms with Crippen molar-refractivity contribution in [3.8, 4) is 0 Å². The number of benzene rings is 2. The second-order valence-electron chi connectivity index (χ2n) is 9.51. The molecule has 186 valence electrons. The lowest BCUT2D eigenvalue weighted by molar-refractivity contribution is -0.127. The van der Waals surface area contributed by atoms with Crippen molar-refractivity contribution in [2.75, 3.05) is 18.5 Å². The predicted octanol–water partition coefficient (Wildman–Crippen LogP) is 3.95. The molecule has 2 fully saturated rings. The van der Waals surface area contributed by atoms with E-state index in [0.717, 1.165) is 24.0 Å². The van der Waals surface area contributed by atoms with Crippen molar-refractivity contribution in [1.29, 1.82) is 0 Å². The number of hydrogen-bond acceptors (Lipinski definition) is 5. The summed E-state index contributed by atoms with van der Waals surface area (Å²) in [6, 6.07) is 14.1. The summed E-state index contributed by atoms with van der Waals surface area (Å²) in [4.78, 5) is 40.1. The van der Waals surface area contributed by atoms with E-state index >= 15 is 0 Å². The van der Waals surface area contributed by atoms with Gasteiger partial charge in [0, 0.05) is 24.8 Å². The van der Waals surface area contributed by atoms with Gasteiger partial charge in [0.1, 0.15) is 0 Å². The highest BCUT2D eigenvalue weighted by atomic mass is 16.6. The van der Waals surface area contributed by atoms with E-state index in [1.807, 2.05) is 45.0 Å². The van der Waals surface area contributed by atoms with Gasteiger partial charge < -0.3 is 20.1 Å². The van der Waals surface area contributed by atoms with Crippen LogP contribution in [0, 0.1) is 12.8 Å². The number of carbonyl (C=O) groups is 3. The van der Waals surface area contributed by atoms with E-state index < -0.39 is 18.2 Å². The summed E-state index contributed by atoms with van der Waals surface area (Å²) in [6.45, 7) is 6.96. The smallest absolute Gasteiger partial charge is 0.411 e. The van der Waals surface area contributed by atoms with Crippen LogP contribution in [0.1, 0.15) is 49.5 Å². The van der Waals surface area contributed by atoms with Crippen LogP contribution in [-0.2, 0) is 25.6 Å². The molecule has 35 heavy (non-hydrogen) atoms. The van der Waals surface area contributed by atoms with E-state index in [1.54, 1.807) is 24.3 Å². The minimum absolute atomic E-state index is 0.0180. The first-order valence-electron chi connectivity index (χ1n) is 12.1. The van der Waals surface area contributed by atoms with Gasteiger partial charge in [-0.05, 0) is 43.0 Å². The van der Waals surface area contributed by atoms with E-state index in [0.29, 0.717) is 24.4 Å². The Bertz CT molecular complexity index is 1060. The molecule has 0 aliphatic carbocycles. The van der Waals surface area contributed by atoms with Crippen LogP contribution in [0.5, 0.6) is 0 Å². The van der Waals surface area contributed by atoms with E-state index in [9.17, 15) is 14.4 Å². The summed E-state index contributed by atoms with van der Waals surface area (Å²) in [5, 5.41) is 5.83. The molecule has 3 atom stereocenters. The van der Waals surface area contributed by atoms with Crippen molar-refractivity contribution in [3.63, 3.8) is 0 Å². The molecular weight excluding hydrogens is 446 g/mol. The van der Waals surface area contributed by atoms with Gasteiger partial charge in [0.25, 0.3) is 0 Å². The maximum atomic E-state index is 13.4. The van der Waals surface area contributed by atoms with Crippen molar-refractivity contribution in [3.05, 3.63) is 65.2 Å². The van der Waals surface area contributed by atoms with Crippen LogP contribution >= 0.6 is 0 Å². The SMILES string of the molecule is Cc1ccc(CN2C(=O)OC(c3cccc(NC(=O)C(C)C)c3)C2C(=O)NCC2CCCO2)cc1. The number of hydrogen-bond donors (Lipinski definition) is 2. The quantitative estimate of drug-likeness (QED) is 0.598. The van der Waals surface area contributed by atoms with Crippen molar-refractivity contribution in [1.82, 2.24) is 10.2 Å². The number of anilines is 1. The predicted molar refractivity (Wildman–Crippen MR) is 132 cm³/mol. The fourth-order valence-electron chi connectivity index (χ4n) is 4.30. The average molecular weight is 480 g/mol. The monoisotopic (exact) mass is 479 g/mol. The summed E-state index contributed by atoms with van der Waals surface area (Å²) in [6.07, 6.45) is 0.491. The fourth-order valence-corrected chi connectivity index (χ4v) is 4.30. The Morgan fingerprint density at radius 2 is 1.91 bits per heavy atom. The van der Waals surface area contributed by atoms with Crippen molar-refractivity contribution in [2.45, 2.75) is 58.4 Å². The minimum Gasteiger partial charge on any atom is -0.438 e. The molecule has 2 heterocycles. The number of carbonyl (C=O) groups excluding carboxylic acids is 3. The van der Waals surface area contributed by atoms with Crippen molar-refractivity contribution < 1.29 is 23.9 Å². The number of aryl methyl sites for hydroxylation is 1. The first-order chi connectivity index (χ1) is 16.8. The summed E-state index contributed by atoms with van der Waals surface area (Å²) in [5.74, 6) is -0.582. The maximum absolute atomic E-state index is 13.4. The van der Waals surface area contributed by atoms with Gasteiger partial charge in [-0.2, -0.15) is 0 Å². The molecule has 0 saturated carbocycles. The molecule has 3 unspecified atom stereocenters. The molecule has 4 rings (SSSR count). The Labute approximate surface area is 206 Å². The molecular formula is C27H33N3O5. The Morgan fingerprint density at radius 3 is 2.60 bits per heavy atom. The first kappa shape index (κ1) is 24.7. The molecule has 8 heteroatoms. The van der Waals surface area contributed by atoms with Gasteiger partial charge in [0.05, 0.1) is 12.6 Å². The number of nitrogens with zero attached hydrogens (tertiary/aromatic N) is 1. The third kappa shape index (κ3) is 6.00. The lowest BCUT2D eigenvalue weighted by Crippen LogP contribution is -2.47. The second kappa shape index (κ2) is 10.9. The average Bonchev–Trinajstić information content (AvgIpc) is 3.47. The van der Waals surface area contributed by atoms with Gasteiger partial charge in [0.2, 0.25) is 11.8 Å². The zero-order chi connectivity index (χ0) is 24.9. The van der Waals surface area contributed by atoms with Gasteiger partial charge in [-0.3, -0.25) is 14.5 Å². The molecule has 2 N–H and O–H groups in total. The molecule has 2 aromatic carbocycles. The Hall–Kier alpha value is -3.39. The van der Waals surface area contributed by atoms with Crippen LogP contribution in [0.3, 0.4) is 0 Å². The Kier molecular flexibility index (Phi) is 7.70. The van der Waals surface area contributed by atoms with Crippen LogP contribution < -0.4 is 10.6 Å². The third-order valence-electron chi connectivity index (χ3n) is 6.36. The highest BCUT2D eigenvalue weighted by molar-refractivity contribution is 5.92. The molecule has 2 saturated heterocycles. The molecule has 0 bridgehead atoms. The van der Waals surface area contributed by atoms with Gasteiger partial charge in [-0.15, -0.1) is 0 Å². The summed E-state index contributed by atoms with van der Waals surface area (Å²) in [7, 11) is 0. The van der Waals surface area contributed by atoms with Crippen molar-refractivity contribution in [2.24, 2.45) is 5.92 Å². The molecule has 2 aliphatic heterocycles. The highest BCUT2D eigenvalue weighted by Crippen LogP contribution is 2.35. The maximum Gasteiger partial charge on any atom is 0.411 e. The number of cyclic esters (lactones) is 1. The van der Waals surface area contributed by atoms with Crippen LogP contribution in [0.15, 0.2) is 48.5 Å². The third-order valence-corrected chi connectivity index (χ3v) is 6.36. The van der Waals surface area contributed by atoms with E-state index in [-0.39, 0.29) is 30.4 Å². The molecule has 0 radical (unpaired) electrons. The first-order valence-corrected chi connectivity index (χ1v) is 12.1. The molecule has 2 aliphatic rings. The summed E-state index contributed by atoms with van der Waals surface area (Å²) >= 11 is 0. The normalized spacial score (nSPS) is 21.8. The highest BCUT2D eigenvalue weighted by Gasteiger charge is 2.47. The Balaban J connectivity index is 1.59. The molecule has 0 spiro atoms. The molecule has 3 amide bonds. The van der Waals surface area contributed by atoms with Gasteiger partial charge in [-0.1, -0.05) is 55.8 Å². The van der Waals surface area contributed by atoms with Crippen LogP contribution in [0.4, 0.5) is 10.5 Å². The zero-order valence-electron chi connectivity index (χ0n) is 20.5. The zero-order valence-corrected chi connectivity index (χ0v) is 20.5. The lowest BCUT2D eigenvalue weighted by Gasteiger charge is -2.25. The van der Waals surface area contributed by atoms with Crippen LogP contribution in [0.25, 0.3) is 0 Å². The van der Waals surface area contributed by atoms with Gasteiger partial charge >= 0.3 is 6.09 Å². The summed E-state index contributed by atoms with van der Waals surface area (Å²) in [5.41, 5.74) is 3.25. The standard InChI is InChI=1S/C27H33N3O5/c1-17(2)25(31)29-21-7-4-6-20(14-21)24-23(26(32)28-15-22-8-5-13-34-22)30(27(33)35-24)16-19-11-9-18(3)10-12-19/h4,6-7,9-12,14,17,22-24H,5,8,13,15-16H2,1-3H3,(H,28,32)(H,29,31).